The van der Waals surface area contributed by atoms with Gasteiger partial charge in [-0.2, -0.15) is 0 Å². The second kappa shape index (κ2) is 4.32. The first kappa shape index (κ1) is 11.6. The number of aromatic amines is 1. The van der Waals surface area contributed by atoms with Gasteiger partial charge >= 0.3 is 0 Å². The van der Waals surface area contributed by atoms with E-state index in [1.165, 1.54) is 16.6 Å². The topological polar surface area (TPSA) is 44.9 Å². The van der Waals surface area contributed by atoms with E-state index in [4.69, 9.17) is 11.6 Å². The Bertz CT molecular complexity index is 618. The first-order valence-corrected chi connectivity index (χ1v) is 6.57. The molecule has 0 saturated heterocycles. The van der Waals surface area contributed by atoms with Crippen LogP contribution in [-0.2, 0) is 17.6 Å². The second-order valence-corrected chi connectivity index (χ2v) is 5.35. The highest BCUT2D eigenvalue weighted by molar-refractivity contribution is 6.31. The van der Waals surface area contributed by atoms with E-state index in [1.807, 2.05) is 18.2 Å². The van der Waals surface area contributed by atoms with Gasteiger partial charge < -0.3 is 10.3 Å². The highest BCUT2D eigenvalue weighted by atomic mass is 35.5. The molecule has 18 heavy (non-hydrogen) atoms. The molecule has 0 spiro atoms. The van der Waals surface area contributed by atoms with Gasteiger partial charge in [-0.25, -0.2) is 0 Å². The van der Waals surface area contributed by atoms with Crippen LogP contribution in [-0.4, -0.2) is 16.9 Å². The second-order valence-electron chi connectivity index (χ2n) is 4.91. The van der Waals surface area contributed by atoms with Crippen LogP contribution in [0.3, 0.4) is 0 Å². The van der Waals surface area contributed by atoms with Crippen LogP contribution in [0.2, 0.25) is 5.02 Å². The first-order chi connectivity index (χ1) is 8.63. The third kappa shape index (κ3) is 1.99. The Balaban J connectivity index is 2.00. The molecule has 1 aliphatic carbocycles. The van der Waals surface area contributed by atoms with Gasteiger partial charge in [-0.1, -0.05) is 11.6 Å². The van der Waals surface area contributed by atoms with E-state index in [1.54, 1.807) is 6.92 Å². The number of hydrogen-bond donors (Lipinski definition) is 2. The van der Waals surface area contributed by atoms with Crippen LogP contribution in [0.1, 0.15) is 24.6 Å². The quantitative estimate of drug-likeness (QED) is 0.816. The Labute approximate surface area is 111 Å². The molecule has 3 rings (SSSR count). The van der Waals surface area contributed by atoms with Gasteiger partial charge in [-0.05, 0) is 43.0 Å². The highest BCUT2D eigenvalue weighted by Gasteiger charge is 2.22. The van der Waals surface area contributed by atoms with Crippen molar-refractivity contribution >= 4 is 28.4 Å². The maximum atomic E-state index is 11.1. The average molecular weight is 263 g/mol. The van der Waals surface area contributed by atoms with Crippen molar-refractivity contribution in [3.8, 4) is 0 Å². The van der Waals surface area contributed by atoms with Crippen LogP contribution in [0, 0.1) is 0 Å². The Morgan fingerprint density at radius 3 is 3.11 bits per heavy atom. The molecule has 3 nitrogen and oxygen atoms in total. The molecule has 0 bridgehead atoms. The molecule has 94 valence electrons. The molecule has 1 atom stereocenters. The number of aromatic nitrogens is 1. The van der Waals surface area contributed by atoms with Crippen molar-refractivity contribution in [1.82, 2.24) is 10.3 Å². The molecule has 0 radical (unpaired) electrons. The van der Waals surface area contributed by atoms with Gasteiger partial charge in [0, 0.05) is 34.6 Å². The minimum atomic E-state index is 0.0429. The maximum absolute atomic E-state index is 11.1. The van der Waals surface area contributed by atoms with Crippen molar-refractivity contribution in [2.75, 3.05) is 0 Å². The number of fused-ring (bicyclic) bond motifs is 3. The molecule has 1 unspecified atom stereocenters. The molecule has 1 aromatic carbocycles. The molecule has 0 aliphatic heterocycles. The van der Waals surface area contributed by atoms with Gasteiger partial charge in [0.2, 0.25) is 5.91 Å². The van der Waals surface area contributed by atoms with E-state index in [9.17, 15) is 4.79 Å². The van der Waals surface area contributed by atoms with Crippen molar-refractivity contribution in [3.05, 3.63) is 34.5 Å². The SMILES string of the molecule is CC(=O)NC1CCc2[nH]c3ccc(Cl)cc3c2C1. The van der Waals surface area contributed by atoms with Crippen molar-refractivity contribution in [1.29, 1.82) is 0 Å². The summed E-state index contributed by atoms with van der Waals surface area (Å²) < 4.78 is 0. The summed E-state index contributed by atoms with van der Waals surface area (Å²) in [6.45, 7) is 1.57. The number of hydrogen-bond acceptors (Lipinski definition) is 1. The van der Waals surface area contributed by atoms with Gasteiger partial charge in [-0.15, -0.1) is 0 Å². The Morgan fingerprint density at radius 1 is 1.50 bits per heavy atom. The minimum Gasteiger partial charge on any atom is -0.358 e. The van der Waals surface area contributed by atoms with E-state index in [-0.39, 0.29) is 11.9 Å². The third-order valence-corrected chi connectivity index (χ3v) is 3.79. The Hall–Kier alpha value is -1.48. The number of benzene rings is 1. The van der Waals surface area contributed by atoms with Gasteiger partial charge in [0.1, 0.15) is 0 Å². The predicted octanol–water partition coefficient (Wildman–Crippen LogP) is 2.81. The summed E-state index contributed by atoms with van der Waals surface area (Å²) in [7, 11) is 0. The number of nitrogens with one attached hydrogen (secondary N) is 2. The lowest BCUT2D eigenvalue weighted by molar-refractivity contribution is -0.119. The molecule has 2 N–H and O–H groups in total. The fraction of sp³-hybridized carbons (Fsp3) is 0.357. The van der Waals surface area contributed by atoms with Crippen LogP contribution < -0.4 is 5.32 Å². The molecule has 0 fully saturated rings. The summed E-state index contributed by atoms with van der Waals surface area (Å²) in [4.78, 5) is 14.6. The van der Waals surface area contributed by atoms with Crippen LogP contribution in [0.15, 0.2) is 18.2 Å². The average Bonchev–Trinajstić information content (AvgIpc) is 2.66. The molecule has 2 aromatic rings. The fourth-order valence-electron chi connectivity index (χ4n) is 2.80. The molecular formula is C14H15ClN2O. The lowest BCUT2D eigenvalue weighted by Crippen LogP contribution is -2.37. The molecule has 4 heteroatoms. The summed E-state index contributed by atoms with van der Waals surface area (Å²) in [5, 5.41) is 4.95. The molecule has 1 heterocycles. The van der Waals surface area contributed by atoms with Gasteiger partial charge in [0.05, 0.1) is 0 Å². The van der Waals surface area contributed by atoms with E-state index in [2.05, 4.69) is 10.3 Å². The lowest BCUT2D eigenvalue weighted by Gasteiger charge is -2.23. The smallest absolute Gasteiger partial charge is 0.217 e. The lowest BCUT2D eigenvalue weighted by atomic mass is 9.91. The largest absolute Gasteiger partial charge is 0.358 e. The Morgan fingerprint density at radius 2 is 2.33 bits per heavy atom. The zero-order valence-electron chi connectivity index (χ0n) is 10.2. The summed E-state index contributed by atoms with van der Waals surface area (Å²) in [6, 6.07) is 6.16. The van der Waals surface area contributed by atoms with Gasteiger partial charge in [-0.3, -0.25) is 4.79 Å². The van der Waals surface area contributed by atoms with E-state index >= 15 is 0 Å². The van der Waals surface area contributed by atoms with E-state index in [0.29, 0.717) is 0 Å². The summed E-state index contributed by atoms with van der Waals surface area (Å²) in [5.41, 5.74) is 3.72. The molecular weight excluding hydrogens is 248 g/mol. The number of carbonyl (C=O) groups is 1. The van der Waals surface area contributed by atoms with Crippen LogP contribution >= 0.6 is 11.6 Å². The molecule has 0 saturated carbocycles. The number of aryl methyl sites for hydroxylation is 1. The fourth-order valence-corrected chi connectivity index (χ4v) is 2.97. The maximum Gasteiger partial charge on any atom is 0.217 e. The summed E-state index contributed by atoms with van der Waals surface area (Å²) >= 11 is 6.06. The summed E-state index contributed by atoms with van der Waals surface area (Å²) in [6.07, 6.45) is 2.86. The van der Waals surface area contributed by atoms with Crippen molar-refractivity contribution in [2.24, 2.45) is 0 Å². The first-order valence-electron chi connectivity index (χ1n) is 6.19. The van der Waals surface area contributed by atoms with Crippen LogP contribution in [0.4, 0.5) is 0 Å². The van der Waals surface area contributed by atoms with Gasteiger partial charge in [0.15, 0.2) is 0 Å². The van der Waals surface area contributed by atoms with E-state index < -0.39 is 0 Å². The third-order valence-electron chi connectivity index (χ3n) is 3.56. The zero-order chi connectivity index (χ0) is 12.7. The van der Waals surface area contributed by atoms with Crippen LogP contribution in [0.25, 0.3) is 10.9 Å². The number of amides is 1. The molecule has 1 amide bonds. The van der Waals surface area contributed by atoms with Gasteiger partial charge in [0.25, 0.3) is 0 Å². The molecule has 1 aliphatic rings. The number of H-pyrrole nitrogens is 1. The van der Waals surface area contributed by atoms with Crippen molar-refractivity contribution in [2.45, 2.75) is 32.2 Å². The van der Waals surface area contributed by atoms with Crippen molar-refractivity contribution < 1.29 is 4.79 Å². The minimum absolute atomic E-state index is 0.0429. The van der Waals surface area contributed by atoms with Crippen molar-refractivity contribution in [3.63, 3.8) is 0 Å². The predicted molar refractivity (Wildman–Crippen MR) is 72.9 cm³/mol. The normalized spacial score (nSPS) is 18.7. The van der Waals surface area contributed by atoms with Crippen LogP contribution in [0.5, 0.6) is 0 Å². The van der Waals surface area contributed by atoms with E-state index in [0.717, 1.165) is 29.8 Å². The molecule has 1 aromatic heterocycles. The number of rotatable bonds is 1. The standard InChI is InChI=1S/C14H15ClN2O/c1-8(18)16-10-3-5-14-12(7-10)11-6-9(15)2-4-13(11)17-14/h2,4,6,10,17H,3,5,7H2,1H3,(H,16,18). The monoisotopic (exact) mass is 262 g/mol. The number of halogens is 1. The zero-order valence-corrected chi connectivity index (χ0v) is 11.0. The number of carbonyl (C=O) groups excluding carboxylic acids is 1. The highest BCUT2D eigenvalue weighted by Crippen LogP contribution is 2.30. The summed E-state index contributed by atoms with van der Waals surface area (Å²) in [5.74, 6) is 0.0429. The Kier molecular flexibility index (Phi) is 2.78.